The molecule has 0 unspecified atom stereocenters. The highest BCUT2D eigenvalue weighted by Gasteiger charge is 2.30. The number of halogens is 1. The predicted molar refractivity (Wildman–Crippen MR) is 518 cm³/mol. The van der Waals surface area contributed by atoms with Gasteiger partial charge in [-0.2, -0.15) is 9.97 Å². The molecular weight excluding hydrogens is 1700 g/mol. The number of aliphatic hydroxyl groups excluding tert-OH is 1. The molecule has 0 bridgehead atoms. The Morgan fingerprint density at radius 2 is 0.925 bits per heavy atom. The van der Waals surface area contributed by atoms with Gasteiger partial charge in [0.1, 0.15) is 16.8 Å². The Morgan fingerprint density at radius 1 is 0.474 bits per heavy atom. The lowest BCUT2D eigenvalue weighted by molar-refractivity contribution is -0.138. The highest BCUT2D eigenvalue weighted by Crippen LogP contribution is 2.43. The third-order valence-electron chi connectivity index (χ3n) is 25.4. The minimum Gasteiger partial charge on any atom is -0.513 e. The van der Waals surface area contributed by atoms with Crippen molar-refractivity contribution in [3.8, 4) is 23.0 Å². The summed E-state index contributed by atoms with van der Waals surface area (Å²) in [5.41, 5.74) is 14.1. The topological polar surface area (TPSA) is 447 Å². The minimum atomic E-state index is -0.782. The fourth-order valence-electron chi connectivity index (χ4n) is 18.4. The van der Waals surface area contributed by atoms with Crippen molar-refractivity contribution in [1.29, 1.82) is 0 Å². The molecule has 16 rings (SSSR count). The Labute approximate surface area is 768 Å². The van der Waals surface area contributed by atoms with Gasteiger partial charge in [-0.05, 0) is 212 Å². The van der Waals surface area contributed by atoms with Crippen LogP contribution in [0.4, 0.5) is 61.5 Å². The van der Waals surface area contributed by atoms with Crippen LogP contribution in [-0.4, -0.2) is 149 Å². The largest absolute Gasteiger partial charge is 0.513 e. The van der Waals surface area contributed by atoms with Crippen molar-refractivity contribution >= 4 is 110 Å². The highest BCUT2D eigenvalue weighted by molar-refractivity contribution is 5.87. The first kappa shape index (κ1) is 97.0. The number of aromatic amines is 4. The van der Waals surface area contributed by atoms with Gasteiger partial charge in [-0.15, -0.1) is 0 Å². The molecule has 9 aliphatic rings. The molecule has 2 saturated carbocycles. The van der Waals surface area contributed by atoms with Crippen LogP contribution in [0.25, 0.3) is 58.3 Å². The number of nitrogens with zero attached hydrogens (tertiary/aromatic N) is 14. The molecule has 0 amide bonds. The Kier molecular flexibility index (Phi) is 33.2. The Hall–Kier alpha value is -13.6. The minimum absolute atomic E-state index is 0.153. The van der Waals surface area contributed by atoms with E-state index in [1.54, 1.807) is 12.1 Å². The number of aliphatic carboxylic acids is 3. The molecule has 10 N–H and O–H groups in total. The molecule has 0 radical (unpaired) electrons. The summed E-state index contributed by atoms with van der Waals surface area (Å²) in [5, 5.41) is 43.5. The molecule has 7 aliphatic heterocycles. The number of anilines is 8. The van der Waals surface area contributed by atoms with Crippen LogP contribution >= 0.6 is 0 Å². The van der Waals surface area contributed by atoms with Gasteiger partial charge >= 0.3 is 29.3 Å². The number of nitrogens with one attached hydrogen (secondary N) is 6. The number of aryl methyl sites for hydroxylation is 6. The molecule has 7 aromatic rings. The van der Waals surface area contributed by atoms with Gasteiger partial charge in [0.05, 0.1) is 50.6 Å². The van der Waals surface area contributed by atoms with Gasteiger partial charge in [0.15, 0.2) is 45.4 Å². The van der Waals surface area contributed by atoms with Crippen LogP contribution < -0.4 is 85.5 Å². The maximum absolute atomic E-state index is 13.2. The monoisotopic (exact) mass is 1820 g/mol. The zero-order chi connectivity index (χ0) is 94.5. The van der Waals surface area contributed by atoms with Crippen LogP contribution in [0.1, 0.15) is 227 Å². The molecule has 1 saturated heterocycles. The van der Waals surface area contributed by atoms with Gasteiger partial charge in [-0.3, -0.25) is 43.5 Å². The molecule has 0 atom stereocenters. The molecule has 2 aromatic heterocycles. The third kappa shape index (κ3) is 25.2. The average Bonchev–Trinajstić information content (AvgIpc) is 1.45. The molecule has 5 aromatic carbocycles. The molecule has 3 fully saturated rings. The third-order valence-corrected chi connectivity index (χ3v) is 25.4. The summed E-state index contributed by atoms with van der Waals surface area (Å²) in [6.07, 6.45) is 28.4. The molecule has 133 heavy (non-hydrogen) atoms. The summed E-state index contributed by atoms with van der Waals surface area (Å²) in [6, 6.07) is 23.9. The second-order valence-electron chi connectivity index (χ2n) is 35.5. The predicted octanol–water partition coefficient (Wildman–Crippen LogP) is 14.2. The number of benzene rings is 5. The number of carbonyl (C=O) groups is 3. The van der Waals surface area contributed by atoms with Gasteiger partial charge < -0.3 is 69.8 Å². The first-order valence-corrected chi connectivity index (χ1v) is 46.9. The zero-order valence-corrected chi connectivity index (χ0v) is 76.9. The van der Waals surface area contributed by atoms with E-state index in [-0.39, 0.29) is 70.0 Å². The number of aliphatic hydroxyl groups is 1. The fraction of sp³-hybridized carbons (Fsp3) is 0.465. The van der Waals surface area contributed by atoms with Gasteiger partial charge in [-0.25, -0.2) is 43.9 Å². The number of unbranched alkanes of at least 4 members (excludes halogenated alkanes) is 12. The zero-order valence-electron chi connectivity index (χ0n) is 76.9. The Balaban J connectivity index is 0.000000151. The normalized spacial score (nSPS) is 13.9. The van der Waals surface area contributed by atoms with Crippen molar-refractivity contribution in [3.63, 3.8) is 0 Å². The molecule has 33 nitrogen and oxygen atoms in total. The number of fused-ring (bicyclic) bond motifs is 8. The fourth-order valence-corrected chi connectivity index (χ4v) is 18.4. The number of carboxylic acids is 3. The average molecular weight is 1820 g/mol. The second-order valence-corrected chi connectivity index (χ2v) is 35.5. The summed E-state index contributed by atoms with van der Waals surface area (Å²) in [5.74, 6) is -0.709. The van der Waals surface area contributed by atoms with Crippen LogP contribution in [0.5, 0.6) is 0 Å². The lowest BCUT2D eigenvalue weighted by Crippen LogP contribution is -2.42. The van der Waals surface area contributed by atoms with E-state index < -0.39 is 40.4 Å². The summed E-state index contributed by atoms with van der Waals surface area (Å²) in [4.78, 5) is 161. The SMILES string of the molecule is C=C(O)CCCCCCn1c2nc(=O)[nH]c(=O)c-2nc2cc(C)c(N(C)C3CCCC3)cc21.C=c1nc2c(c(=O)[nH]1)=Nc1cc(C)c(N3CCCC3)cc1N2CCCCCCC(=O)O.C=c1nc2c(c(=O)[nH]1)=Nc1cc(C)c(NCCc3ccc(F)cc3)cc1N2CCCCCCC(=O)O.Cc1cc2nc3c(=O)[nH]c(=O)nc-3n(CCCCCCC(=O)O)c2cc1NC1CCCCC1. The number of hydrogen-bond donors (Lipinski definition) is 10. The lowest BCUT2D eigenvalue weighted by Gasteiger charge is -2.30. The maximum Gasteiger partial charge on any atom is 0.349 e. The van der Waals surface area contributed by atoms with Crippen molar-refractivity contribution in [2.75, 3.05) is 70.0 Å². The highest BCUT2D eigenvalue weighted by atomic mass is 19.1. The first-order chi connectivity index (χ1) is 64.0. The summed E-state index contributed by atoms with van der Waals surface area (Å²) in [6.45, 7) is 24.6. The van der Waals surface area contributed by atoms with E-state index >= 15 is 0 Å². The van der Waals surface area contributed by atoms with Crippen molar-refractivity contribution < 1.29 is 39.2 Å². The van der Waals surface area contributed by atoms with Crippen LogP contribution in [-0.2, 0) is 33.9 Å². The van der Waals surface area contributed by atoms with Crippen LogP contribution in [0, 0.1) is 33.5 Å². The van der Waals surface area contributed by atoms with Crippen LogP contribution in [0.2, 0.25) is 0 Å². The first-order valence-electron chi connectivity index (χ1n) is 46.9. The van der Waals surface area contributed by atoms with Crippen LogP contribution in [0.3, 0.4) is 0 Å². The standard InChI is InChI=1S/C27H30FN5O3.C25H33N5O3.C24H31N5O4.C23H29N5O3/c1-17-15-22-23(16-21(17)29-13-12-19-8-10-20(28)11-9-19)33(14-6-4-3-5-7-24(34)35)26-25(32-22)27(36)31-18(2)30-26;1-16-14-19-21(15-20(16)29(3)18-11-7-8-12-18)30(13-9-5-4-6-10-17(2)31)23-22(26-19)24(32)28-25(33)27-23;1-15-13-18-19(14-17(15)25-16-9-5-4-6-10-16)29(12-8-3-2-7-11-20(30)31)22-21(26-18)23(32)28-24(33)27-22;1-15-13-17-19(14-18(15)27-10-7-8-11-27)28(12-6-4-3-5-9-20(29)30)22-21(26-17)23(31)25-16(2)24-22/h8-11,15-16,29H,2-7,12-14H2,1H3,(H,31,36)(H,34,35);14-15,18,31H,2,4-13H2,1,3H3,(H,28,32,33);13-14,16,25H,2-12H2,1H3,(H,30,31)(H,28,32,33);13-14H,2-12H2,1H3,(H,25,31)(H,29,30). The number of hydrogen-bond acceptors (Lipinski definition) is 24. The Bertz CT molecular complexity index is 6610. The number of allylic oxidation sites excluding steroid dienone is 1. The van der Waals surface area contributed by atoms with E-state index in [1.165, 1.54) is 75.6 Å². The van der Waals surface area contributed by atoms with E-state index in [0.717, 1.165) is 194 Å². The maximum atomic E-state index is 13.2. The van der Waals surface area contributed by atoms with Gasteiger partial charge in [0.2, 0.25) is 0 Å². The molecule has 2 aliphatic carbocycles. The molecule has 0 spiro atoms. The second kappa shape index (κ2) is 45.5. The van der Waals surface area contributed by atoms with E-state index in [1.807, 2.05) is 52.1 Å². The molecule has 34 heteroatoms. The summed E-state index contributed by atoms with van der Waals surface area (Å²) >= 11 is 0. The van der Waals surface area contributed by atoms with Crippen molar-refractivity contribution in [2.45, 2.75) is 258 Å². The van der Waals surface area contributed by atoms with E-state index in [9.17, 15) is 52.6 Å². The van der Waals surface area contributed by atoms with Gasteiger partial charge in [-0.1, -0.05) is 115 Å². The summed E-state index contributed by atoms with van der Waals surface area (Å²) < 4.78 is 17.1. The van der Waals surface area contributed by atoms with Crippen LogP contribution in [0.15, 0.2) is 124 Å². The number of carboxylic acid groups (broad SMARTS) is 3. The van der Waals surface area contributed by atoms with E-state index in [2.05, 4.69) is 150 Å². The number of aromatic nitrogens is 12. The van der Waals surface area contributed by atoms with Crippen molar-refractivity contribution in [1.82, 2.24) is 59.0 Å². The van der Waals surface area contributed by atoms with E-state index in [0.29, 0.717) is 110 Å². The van der Waals surface area contributed by atoms with Gasteiger partial charge in [0, 0.05) is 113 Å². The van der Waals surface area contributed by atoms with E-state index in [4.69, 9.17) is 15.3 Å². The molecule has 704 valence electrons. The molecule has 9 heterocycles. The smallest absolute Gasteiger partial charge is 0.349 e. The van der Waals surface area contributed by atoms with Crippen molar-refractivity contribution in [3.05, 3.63) is 203 Å². The van der Waals surface area contributed by atoms with Crippen molar-refractivity contribution in [2.24, 2.45) is 9.98 Å². The quantitative estimate of drug-likeness (QED) is 0.00982. The Morgan fingerprint density at radius 3 is 1.43 bits per heavy atom. The lowest BCUT2D eigenvalue weighted by atomic mass is 9.95. The number of rotatable bonds is 37. The van der Waals surface area contributed by atoms with Gasteiger partial charge in [0.25, 0.3) is 22.2 Å². The molecular formula is C99H123FN20O13. The summed E-state index contributed by atoms with van der Waals surface area (Å²) in [7, 11) is 2.15. The number of H-pyrrole nitrogens is 4.